The summed E-state index contributed by atoms with van der Waals surface area (Å²) in [7, 11) is 3.37. The number of nitrogens with zero attached hydrogens (tertiary/aromatic N) is 2. The van der Waals surface area contributed by atoms with Crippen LogP contribution < -0.4 is 9.47 Å². The Hall–Kier alpha value is -2.05. The molecule has 1 aliphatic heterocycles. The summed E-state index contributed by atoms with van der Waals surface area (Å²) in [6.45, 7) is 4.05. The van der Waals surface area contributed by atoms with Gasteiger partial charge in [-0.05, 0) is 48.7 Å². The van der Waals surface area contributed by atoms with Crippen molar-refractivity contribution in [3.05, 3.63) is 58.1 Å². The summed E-state index contributed by atoms with van der Waals surface area (Å²) >= 11 is 3.48. The second-order valence-corrected chi connectivity index (χ2v) is 8.75. The standard InChI is InChI=1S/C23H27BrN2O3/c1-28-20-7-8-21(29-2)17(15-20)16-25-11-13-26(14-12-25)22(27)23(9-10-23)18-3-5-19(24)6-4-18/h3-8,15H,9-14,16H2,1-2H3. The predicted molar refractivity (Wildman–Crippen MR) is 116 cm³/mol. The second-order valence-electron chi connectivity index (χ2n) is 7.84. The zero-order valence-electron chi connectivity index (χ0n) is 17.0. The van der Waals surface area contributed by atoms with Crippen LogP contribution in [0.4, 0.5) is 0 Å². The fourth-order valence-corrected chi connectivity index (χ4v) is 4.44. The van der Waals surface area contributed by atoms with Gasteiger partial charge in [-0.1, -0.05) is 28.1 Å². The van der Waals surface area contributed by atoms with E-state index in [1.807, 2.05) is 35.2 Å². The number of hydrogen-bond acceptors (Lipinski definition) is 4. The number of hydrogen-bond donors (Lipinski definition) is 0. The van der Waals surface area contributed by atoms with Gasteiger partial charge in [0.05, 0.1) is 19.6 Å². The minimum absolute atomic E-state index is 0.290. The summed E-state index contributed by atoms with van der Waals surface area (Å²) in [5.41, 5.74) is 1.97. The molecule has 0 radical (unpaired) electrons. The van der Waals surface area contributed by atoms with Crippen LogP contribution in [0.25, 0.3) is 0 Å². The van der Waals surface area contributed by atoms with Crippen LogP contribution in [0.3, 0.4) is 0 Å². The van der Waals surface area contributed by atoms with Crippen LogP contribution in [-0.2, 0) is 16.8 Å². The number of amides is 1. The van der Waals surface area contributed by atoms with Crippen molar-refractivity contribution in [2.45, 2.75) is 24.8 Å². The number of benzene rings is 2. The van der Waals surface area contributed by atoms with Crippen molar-refractivity contribution < 1.29 is 14.3 Å². The third-order valence-electron chi connectivity index (χ3n) is 6.10. The lowest BCUT2D eigenvalue weighted by atomic mass is 9.94. The molecule has 0 spiro atoms. The molecule has 1 aliphatic carbocycles. The lowest BCUT2D eigenvalue weighted by Crippen LogP contribution is -2.51. The number of carbonyl (C=O) groups excluding carboxylic acids is 1. The van der Waals surface area contributed by atoms with E-state index in [9.17, 15) is 4.79 Å². The zero-order valence-corrected chi connectivity index (χ0v) is 18.6. The highest BCUT2D eigenvalue weighted by atomic mass is 79.9. The Morgan fingerprint density at radius 3 is 2.28 bits per heavy atom. The van der Waals surface area contributed by atoms with Gasteiger partial charge in [-0.25, -0.2) is 0 Å². The minimum atomic E-state index is -0.293. The fraction of sp³-hybridized carbons (Fsp3) is 0.435. The summed E-state index contributed by atoms with van der Waals surface area (Å²) in [6.07, 6.45) is 1.91. The summed E-state index contributed by atoms with van der Waals surface area (Å²) in [6, 6.07) is 14.1. The third kappa shape index (κ3) is 4.14. The third-order valence-corrected chi connectivity index (χ3v) is 6.63. The summed E-state index contributed by atoms with van der Waals surface area (Å²) in [5, 5.41) is 0. The molecular weight excluding hydrogens is 432 g/mol. The molecule has 4 rings (SSSR count). The predicted octanol–water partition coefficient (Wildman–Crippen LogP) is 3.84. The largest absolute Gasteiger partial charge is 0.497 e. The molecule has 6 heteroatoms. The van der Waals surface area contributed by atoms with Gasteiger partial charge >= 0.3 is 0 Å². The molecule has 1 saturated heterocycles. The Balaban J connectivity index is 1.39. The molecule has 154 valence electrons. The highest BCUT2D eigenvalue weighted by Crippen LogP contribution is 2.50. The van der Waals surface area contributed by atoms with Gasteiger partial charge in [-0.3, -0.25) is 9.69 Å². The molecule has 0 unspecified atom stereocenters. The highest BCUT2D eigenvalue weighted by Gasteiger charge is 2.53. The van der Waals surface area contributed by atoms with Crippen molar-refractivity contribution in [1.82, 2.24) is 9.80 Å². The molecule has 0 N–H and O–H groups in total. The molecule has 0 atom stereocenters. The molecule has 2 aliphatic rings. The quantitative estimate of drug-likeness (QED) is 0.659. The van der Waals surface area contributed by atoms with Gasteiger partial charge in [0.25, 0.3) is 0 Å². The topological polar surface area (TPSA) is 42.0 Å². The number of methoxy groups -OCH3 is 2. The smallest absolute Gasteiger partial charge is 0.233 e. The normalized spacial score (nSPS) is 18.4. The summed E-state index contributed by atoms with van der Waals surface area (Å²) in [4.78, 5) is 17.7. The molecule has 2 aromatic carbocycles. The summed E-state index contributed by atoms with van der Waals surface area (Å²) in [5.74, 6) is 2.00. The van der Waals surface area contributed by atoms with Crippen LogP contribution in [0.1, 0.15) is 24.0 Å². The van der Waals surface area contributed by atoms with Gasteiger partial charge < -0.3 is 14.4 Å². The zero-order chi connectivity index (χ0) is 20.4. The molecule has 1 amide bonds. The van der Waals surface area contributed by atoms with Gasteiger partial charge in [0.15, 0.2) is 0 Å². The first-order valence-electron chi connectivity index (χ1n) is 10.0. The maximum atomic E-state index is 13.3. The van der Waals surface area contributed by atoms with Crippen molar-refractivity contribution in [1.29, 1.82) is 0 Å². The van der Waals surface area contributed by atoms with E-state index in [1.54, 1.807) is 14.2 Å². The molecule has 0 aromatic heterocycles. The van der Waals surface area contributed by atoms with E-state index in [-0.39, 0.29) is 5.41 Å². The van der Waals surface area contributed by atoms with Crippen LogP contribution in [-0.4, -0.2) is 56.1 Å². The maximum absolute atomic E-state index is 13.3. The second kappa shape index (κ2) is 8.36. The Labute approximate surface area is 180 Å². The first-order valence-corrected chi connectivity index (χ1v) is 10.8. The molecule has 29 heavy (non-hydrogen) atoms. The van der Waals surface area contributed by atoms with E-state index in [2.05, 4.69) is 33.0 Å². The Morgan fingerprint density at radius 2 is 1.69 bits per heavy atom. The molecule has 1 saturated carbocycles. The van der Waals surface area contributed by atoms with Crippen molar-refractivity contribution in [2.24, 2.45) is 0 Å². The Kier molecular flexibility index (Phi) is 5.83. The van der Waals surface area contributed by atoms with E-state index in [0.29, 0.717) is 5.91 Å². The summed E-state index contributed by atoms with van der Waals surface area (Å²) < 4.78 is 11.9. The molecule has 2 fully saturated rings. The lowest BCUT2D eigenvalue weighted by Gasteiger charge is -2.37. The molecule has 2 aromatic rings. The van der Waals surface area contributed by atoms with E-state index in [1.165, 1.54) is 0 Å². The van der Waals surface area contributed by atoms with Crippen LogP contribution >= 0.6 is 15.9 Å². The first kappa shape index (κ1) is 20.2. The van der Waals surface area contributed by atoms with E-state index >= 15 is 0 Å². The van der Waals surface area contributed by atoms with Crippen molar-refractivity contribution in [3.63, 3.8) is 0 Å². The number of rotatable bonds is 6. The van der Waals surface area contributed by atoms with Crippen molar-refractivity contribution >= 4 is 21.8 Å². The Morgan fingerprint density at radius 1 is 1.00 bits per heavy atom. The molecular formula is C23H27BrN2O3. The van der Waals surface area contributed by atoms with Gasteiger partial charge in [-0.15, -0.1) is 0 Å². The number of carbonyl (C=O) groups is 1. The van der Waals surface area contributed by atoms with E-state index in [4.69, 9.17) is 9.47 Å². The number of ether oxygens (including phenoxy) is 2. The average molecular weight is 459 g/mol. The monoisotopic (exact) mass is 458 g/mol. The van der Waals surface area contributed by atoms with Crippen molar-refractivity contribution in [2.75, 3.05) is 40.4 Å². The highest BCUT2D eigenvalue weighted by molar-refractivity contribution is 9.10. The lowest BCUT2D eigenvalue weighted by molar-refractivity contribution is -0.135. The molecule has 0 bridgehead atoms. The number of piperazine rings is 1. The van der Waals surface area contributed by atoms with E-state index in [0.717, 1.165) is 72.7 Å². The van der Waals surface area contributed by atoms with Crippen LogP contribution in [0.5, 0.6) is 11.5 Å². The minimum Gasteiger partial charge on any atom is -0.497 e. The van der Waals surface area contributed by atoms with Gasteiger partial charge in [-0.2, -0.15) is 0 Å². The first-order chi connectivity index (χ1) is 14.1. The van der Waals surface area contributed by atoms with Crippen LogP contribution in [0, 0.1) is 0 Å². The van der Waals surface area contributed by atoms with Gasteiger partial charge in [0.1, 0.15) is 11.5 Å². The number of halogens is 1. The fourth-order valence-electron chi connectivity index (χ4n) is 4.18. The van der Waals surface area contributed by atoms with Crippen LogP contribution in [0.2, 0.25) is 0 Å². The van der Waals surface area contributed by atoms with E-state index < -0.39 is 0 Å². The Bertz CT molecular complexity index is 872. The average Bonchev–Trinajstić information content (AvgIpc) is 3.56. The molecule has 1 heterocycles. The molecule has 5 nitrogen and oxygen atoms in total. The van der Waals surface area contributed by atoms with Gasteiger partial charge in [0.2, 0.25) is 5.91 Å². The maximum Gasteiger partial charge on any atom is 0.233 e. The van der Waals surface area contributed by atoms with Crippen LogP contribution in [0.15, 0.2) is 46.9 Å². The SMILES string of the molecule is COc1ccc(OC)c(CN2CCN(C(=O)C3(c4ccc(Br)cc4)CC3)CC2)c1. The van der Waals surface area contributed by atoms with Crippen molar-refractivity contribution in [3.8, 4) is 11.5 Å². The van der Waals surface area contributed by atoms with Gasteiger partial charge in [0, 0.05) is 42.8 Å².